The Morgan fingerprint density at radius 2 is 1.93 bits per heavy atom. The highest BCUT2D eigenvalue weighted by Crippen LogP contribution is 2.30. The number of H-pyrrole nitrogens is 1. The molecule has 214 valence electrons. The lowest BCUT2D eigenvalue weighted by Gasteiger charge is -2.33. The van der Waals surface area contributed by atoms with Gasteiger partial charge in [0.1, 0.15) is 18.1 Å². The number of Topliss-reactive ketones (excluding diaryl/α,β-unsaturated/α-hetero) is 1. The van der Waals surface area contributed by atoms with Gasteiger partial charge in [0.15, 0.2) is 23.2 Å². The molecular weight excluding hydrogens is 525 g/mol. The number of anilines is 1. The predicted molar refractivity (Wildman–Crippen MR) is 154 cm³/mol. The lowest BCUT2D eigenvalue weighted by molar-refractivity contribution is 0.0970. The number of aromatic nitrogens is 4. The molecule has 2 aromatic heterocycles. The summed E-state index contributed by atoms with van der Waals surface area (Å²) in [5.41, 5.74) is 3.15. The van der Waals surface area contributed by atoms with Crippen LogP contribution in [0.4, 0.5) is 10.2 Å². The molecule has 0 amide bonds. The predicted octanol–water partition coefficient (Wildman–Crippen LogP) is 5.32. The van der Waals surface area contributed by atoms with Crippen LogP contribution in [0.5, 0.6) is 11.5 Å². The topological polar surface area (TPSA) is 113 Å². The van der Waals surface area contributed by atoms with E-state index in [0.29, 0.717) is 54.1 Å². The average Bonchev–Trinajstić information content (AvgIpc) is 3.55. The van der Waals surface area contributed by atoms with Crippen molar-refractivity contribution in [1.82, 2.24) is 20.2 Å². The molecular formula is C31H34FN5O4. The maximum Gasteiger partial charge on any atom is 0.183 e. The van der Waals surface area contributed by atoms with Gasteiger partial charge < -0.3 is 19.5 Å². The Labute approximate surface area is 238 Å². The smallest absolute Gasteiger partial charge is 0.183 e. The fourth-order valence-electron chi connectivity index (χ4n) is 5.03. The second kappa shape index (κ2) is 12.9. The summed E-state index contributed by atoms with van der Waals surface area (Å²) in [6, 6.07) is 14.7. The van der Waals surface area contributed by atoms with Crippen LogP contribution >= 0.6 is 0 Å². The van der Waals surface area contributed by atoms with E-state index >= 15 is 0 Å². The van der Waals surface area contributed by atoms with Crippen molar-refractivity contribution in [3.05, 3.63) is 72.3 Å². The van der Waals surface area contributed by atoms with Crippen molar-refractivity contribution in [3.8, 4) is 34.1 Å². The summed E-state index contributed by atoms with van der Waals surface area (Å²) in [6.07, 6.45) is 5.12. The number of aromatic amines is 1. The largest absolute Gasteiger partial charge is 0.497 e. The number of nitrogens with one attached hydrogen (secondary N) is 1. The molecule has 1 aliphatic heterocycles. The molecule has 1 aliphatic rings. The number of nitrogens with zero attached hydrogens (tertiary/aromatic N) is 4. The lowest BCUT2D eigenvalue weighted by Crippen LogP contribution is -2.35. The fraction of sp³-hybridized carbons (Fsp3) is 0.355. The average molecular weight is 560 g/mol. The minimum atomic E-state index is -0.618. The Morgan fingerprint density at radius 3 is 2.66 bits per heavy atom. The van der Waals surface area contributed by atoms with Crippen molar-refractivity contribution < 1.29 is 23.8 Å². The number of halogens is 1. The second-order valence-electron chi connectivity index (χ2n) is 10.4. The van der Waals surface area contributed by atoms with Gasteiger partial charge in [0.2, 0.25) is 0 Å². The van der Waals surface area contributed by atoms with E-state index in [-0.39, 0.29) is 12.4 Å². The van der Waals surface area contributed by atoms with E-state index < -0.39 is 11.9 Å². The van der Waals surface area contributed by atoms with E-state index in [1.165, 1.54) is 13.3 Å². The number of ether oxygens (including phenoxy) is 2. The maximum absolute atomic E-state index is 14.8. The zero-order valence-electron chi connectivity index (χ0n) is 23.2. The fourth-order valence-corrected chi connectivity index (χ4v) is 5.03. The van der Waals surface area contributed by atoms with Gasteiger partial charge in [0.05, 0.1) is 25.1 Å². The monoisotopic (exact) mass is 559 g/mol. The van der Waals surface area contributed by atoms with Crippen LogP contribution in [0.15, 0.2) is 60.9 Å². The molecule has 0 saturated carbocycles. The number of benzene rings is 2. The van der Waals surface area contributed by atoms with Crippen molar-refractivity contribution in [2.24, 2.45) is 5.92 Å². The standard InChI is InChI=1S/C31H34FN5O4/c1-20(38)19-41-26-16-24(15-25(17-26)40-2)29(39)7-6-21-9-12-37(13-10-21)31-27(32)18-33-30(35-31)23-5-3-4-22(14-23)28-8-11-34-36-28/h3-5,8,11,14-18,20-21,38H,6-7,9-10,12-13,19H2,1-2H3,(H,34,36)/t20-/m0/s1. The molecule has 5 rings (SSSR count). The Hall–Kier alpha value is -4.31. The molecule has 4 aromatic rings. The van der Waals surface area contributed by atoms with Gasteiger partial charge in [0.25, 0.3) is 0 Å². The number of methoxy groups -OCH3 is 1. The Bertz CT molecular complexity index is 1470. The molecule has 9 nitrogen and oxygen atoms in total. The molecule has 1 fully saturated rings. The van der Waals surface area contributed by atoms with E-state index in [1.807, 2.05) is 35.2 Å². The molecule has 0 spiro atoms. The van der Waals surface area contributed by atoms with Gasteiger partial charge in [-0.1, -0.05) is 18.2 Å². The second-order valence-corrected chi connectivity index (χ2v) is 10.4. The van der Waals surface area contributed by atoms with Crippen LogP contribution in [-0.2, 0) is 0 Å². The molecule has 1 saturated heterocycles. The molecule has 10 heteroatoms. The van der Waals surface area contributed by atoms with Crippen LogP contribution in [0.25, 0.3) is 22.6 Å². The van der Waals surface area contributed by atoms with Crippen molar-refractivity contribution in [3.63, 3.8) is 0 Å². The first kappa shape index (κ1) is 28.2. The first-order chi connectivity index (χ1) is 19.9. The van der Waals surface area contributed by atoms with Gasteiger partial charge in [-0.15, -0.1) is 0 Å². The number of aliphatic hydroxyl groups excluding tert-OH is 1. The molecule has 3 heterocycles. The summed E-state index contributed by atoms with van der Waals surface area (Å²) in [6.45, 7) is 3.07. The highest BCUT2D eigenvalue weighted by molar-refractivity contribution is 5.96. The van der Waals surface area contributed by atoms with E-state index in [2.05, 4.69) is 20.2 Å². The summed E-state index contributed by atoms with van der Waals surface area (Å²) in [4.78, 5) is 23.8. The van der Waals surface area contributed by atoms with Crippen LogP contribution in [0.1, 0.15) is 43.0 Å². The zero-order chi connectivity index (χ0) is 28.8. The molecule has 0 radical (unpaired) electrons. The number of rotatable bonds is 11. The summed E-state index contributed by atoms with van der Waals surface area (Å²) < 4.78 is 25.8. The van der Waals surface area contributed by atoms with Gasteiger partial charge >= 0.3 is 0 Å². The number of ketones is 1. The summed E-state index contributed by atoms with van der Waals surface area (Å²) in [5.74, 6) is 1.70. The normalized spacial score (nSPS) is 14.6. The quantitative estimate of drug-likeness (QED) is 0.238. The van der Waals surface area contributed by atoms with Crippen LogP contribution in [0.3, 0.4) is 0 Å². The van der Waals surface area contributed by atoms with Crippen LogP contribution in [0.2, 0.25) is 0 Å². The van der Waals surface area contributed by atoms with E-state index in [9.17, 15) is 14.3 Å². The number of piperidine rings is 1. The van der Waals surface area contributed by atoms with Crippen molar-refractivity contribution in [2.45, 2.75) is 38.7 Å². The molecule has 0 unspecified atom stereocenters. The van der Waals surface area contributed by atoms with Crippen molar-refractivity contribution in [1.29, 1.82) is 0 Å². The molecule has 0 aliphatic carbocycles. The third-order valence-corrected chi connectivity index (χ3v) is 7.28. The summed E-state index contributed by atoms with van der Waals surface area (Å²) in [5, 5.41) is 16.5. The molecule has 2 aromatic carbocycles. The zero-order valence-corrected chi connectivity index (χ0v) is 23.2. The van der Waals surface area contributed by atoms with Crippen LogP contribution < -0.4 is 14.4 Å². The SMILES string of the molecule is COc1cc(OC[C@H](C)O)cc(C(=O)CCC2CCN(c3nc(-c4cccc(-c5ccn[nH]5)c4)ncc3F)CC2)c1. The molecule has 0 bridgehead atoms. The summed E-state index contributed by atoms with van der Waals surface area (Å²) >= 11 is 0. The Balaban J connectivity index is 1.19. The van der Waals surface area contributed by atoms with E-state index in [1.54, 1.807) is 31.3 Å². The summed E-state index contributed by atoms with van der Waals surface area (Å²) in [7, 11) is 1.54. The van der Waals surface area contributed by atoms with Crippen LogP contribution in [0, 0.1) is 11.7 Å². The number of aliphatic hydroxyl groups is 1. The highest BCUT2D eigenvalue weighted by Gasteiger charge is 2.24. The highest BCUT2D eigenvalue weighted by atomic mass is 19.1. The number of hydrogen-bond acceptors (Lipinski definition) is 8. The number of carbonyl (C=O) groups is 1. The van der Waals surface area contributed by atoms with Gasteiger partial charge in [0, 0.05) is 48.5 Å². The van der Waals surface area contributed by atoms with Crippen molar-refractivity contribution >= 4 is 11.6 Å². The van der Waals surface area contributed by atoms with E-state index in [0.717, 1.165) is 36.1 Å². The van der Waals surface area contributed by atoms with Gasteiger partial charge in [-0.3, -0.25) is 9.89 Å². The number of hydrogen-bond donors (Lipinski definition) is 2. The van der Waals surface area contributed by atoms with Gasteiger partial charge in [-0.25, -0.2) is 14.4 Å². The van der Waals surface area contributed by atoms with Crippen molar-refractivity contribution in [2.75, 3.05) is 31.7 Å². The van der Waals surface area contributed by atoms with Gasteiger partial charge in [-0.05, 0) is 56.4 Å². The minimum absolute atomic E-state index is 0.0112. The van der Waals surface area contributed by atoms with Crippen LogP contribution in [-0.4, -0.2) is 64.0 Å². The molecule has 41 heavy (non-hydrogen) atoms. The number of carbonyl (C=O) groups excluding carboxylic acids is 1. The third-order valence-electron chi connectivity index (χ3n) is 7.28. The molecule has 2 N–H and O–H groups in total. The first-order valence-electron chi connectivity index (χ1n) is 13.8. The Kier molecular flexibility index (Phi) is 8.88. The minimum Gasteiger partial charge on any atom is -0.497 e. The molecule has 1 atom stereocenters. The Morgan fingerprint density at radius 1 is 1.15 bits per heavy atom. The maximum atomic E-state index is 14.8. The lowest BCUT2D eigenvalue weighted by atomic mass is 9.90. The van der Waals surface area contributed by atoms with Gasteiger partial charge in [-0.2, -0.15) is 5.10 Å². The third kappa shape index (κ3) is 7.07. The first-order valence-corrected chi connectivity index (χ1v) is 13.8. The van der Waals surface area contributed by atoms with E-state index in [4.69, 9.17) is 9.47 Å².